The number of fused-ring (bicyclic) bond motifs is 9. The average Bonchev–Trinajstić information content (AvgIpc) is 3.52. The summed E-state index contributed by atoms with van der Waals surface area (Å²) >= 11 is 2.89. The molecule has 1 aromatic carbocycles. The first-order valence-corrected chi connectivity index (χ1v) is 13.9. The van der Waals surface area contributed by atoms with Gasteiger partial charge in [0, 0.05) is 16.0 Å². The Balaban J connectivity index is 1.42. The van der Waals surface area contributed by atoms with Crippen LogP contribution >= 0.6 is 23.1 Å². The first-order valence-electron chi connectivity index (χ1n) is 12.2. The van der Waals surface area contributed by atoms with Crippen LogP contribution in [0.5, 0.6) is 0 Å². The molecule has 0 radical (unpaired) electrons. The summed E-state index contributed by atoms with van der Waals surface area (Å²) in [5.41, 5.74) is 2.28. The van der Waals surface area contributed by atoms with E-state index in [1.165, 1.54) is 11.3 Å². The van der Waals surface area contributed by atoms with Gasteiger partial charge in [-0.1, -0.05) is 55.0 Å². The highest BCUT2D eigenvalue weighted by molar-refractivity contribution is 8.00. The summed E-state index contributed by atoms with van der Waals surface area (Å²) in [6, 6.07) is 7.27. The quantitative estimate of drug-likeness (QED) is 0.592. The van der Waals surface area contributed by atoms with Crippen molar-refractivity contribution < 1.29 is 19.5 Å². The topological polar surface area (TPSA) is 108 Å². The number of benzene rings is 1. The van der Waals surface area contributed by atoms with E-state index < -0.39 is 23.8 Å². The van der Waals surface area contributed by atoms with E-state index >= 15 is 0 Å². The number of nitrogens with one attached hydrogen (secondary N) is 1. The Morgan fingerprint density at radius 3 is 2.40 bits per heavy atom. The minimum atomic E-state index is -1.11. The highest BCUT2D eigenvalue weighted by Gasteiger charge is 2.70. The number of thioether (sulfide) groups is 1. The molecule has 9 heteroatoms. The van der Waals surface area contributed by atoms with Gasteiger partial charge in [0.15, 0.2) is 0 Å². The van der Waals surface area contributed by atoms with Crippen molar-refractivity contribution in [3.8, 4) is 0 Å². The monoisotopic (exact) mass is 512 g/mol. The molecule has 0 unspecified atom stereocenters. The Labute approximate surface area is 211 Å². The number of rotatable bonds is 5. The van der Waals surface area contributed by atoms with Crippen molar-refractivity contribution in [2.75, 3.05) is 0 Å². The Hall–Kier alpha value is -2.39. The summed E-state index contributed by atoms with van der Waals surface area (Å²) in [5, 5.41) is 10.9. The van der Waals surface area contributed by atoms with Gasteiger partial charge in [-0.15, -0.1) is 11.8 Å². The van der Waals surface area contributed by atoms with Crippen molar-refractivity contribution in [1.82, 2.24) is 9.88 Å². The van der Waals surface area contributed by atoms with Gasteiger partial charge < -0.3 is 10.1 Å². The Bertz CT molecular complexity index is 1280. The lowest BCUT2D eigenvalue weighted by atomic mass is 9.68. The van der Waals surface area contributed by atoms with E-state index in [4.69, 9.17) is 0 Å². The summed E-state index contributed by atoms with van der Waals surface area (Å²) in [5.74, 6) is -2.50. The largest absolute Gasteiger partial charge is 0.480 e. The summed E-state index contributed by atoms with van der Waals surface area (Å²) in [7, 11) is 0. The Morgan fingerprint density at radius 1 is 1.11 bits per heavy atom. The average molecular weight is 513 g/mol. The van der Waals surface area contributed by atoms with Gasteiger partial charge in [0.1, 0.15) is 6.04 Å². The molecule has 7 nitrogen and oxygen atoms in total. The van der Waals surface area contributed by atoms with Crippen LogP contribution in [-0.4, -0.2) is 44.1 Å². The van der Waals surface area contributed by atoms with Gasteiger partial charge in [-0.3, -0.25) is 19.3 Å². The number of carbonyl (C=O) groups excluding carboxylic acids is 2. The molecule has 184 valence electrons. The van der Waals surface area contributed by atoms with Gasteiger partial charge in [0.25, 0.3) is 0 Å². The number of aryl methyl sites for hydroxylation is 1. The number of likely N-dealkylation sites (tertiary alicyclic amines) is 1. The zero-order valence-electron chi connectivity index (χ0n) is 19.8. The predicted octanol–water partition coefficient (Wildman–Crippen LogP) is 3.72. The predicted molar refractivity (Wildman–Crippen MR) is 132 cm³/mol. The Morgan fingerprint density at radius 2 is 1.77 bits per heavy atom. The molecule has 0 spiro atoms. The molecular formula is C26H28N2O5S2. The molecular weight excluding hydrogens is 484 g/mol. The second-order valence-corrected chi connectivity index (χ2v) is 13.1. The molecule has 4 aliphatic rings. The van der Waals surface area contributed by atoms with Crippen molar-refractivity contribution >= 4 is 40.9 Å². The molecule has 2 bridgehead atoms. The van der Waals surface area contributed by atoms with Crippen molar-refractivity contribution in [3.63, 3.8) is 0 Å². The van der Waals surface area contributed by atoms with Gasteiger partial charge in [0.2, 0.25) is 11.8 Å². The maximum Gasteiger partial charge on any atom is 0.326 e. The number of aromatic amines is 1. The maximum absolute atomic E-state index is 13.7. The van der Waals surface area contributed by atoms with Gasteiger partial charge in [0.05, 0.1) is 16.9 Å². The molecule has 2 amide bonds. The van der Waals surface area contributed by atoms with Crippen LogP contribution in [0.4, 0.5) is 0 Å². The number of thiazole rings is 1. The van der Waals surface area contributed by atoms with E-state index in [9.17, 15) is 24.3 Å². The second kappa shape index (κ2) is 8.06. The highest BCUT2D eigenvalue weighted by Crippen LogP contribution is 2.68. The van der Waals surface area contributed by atoms with Gasteiger partial charge in [-0.05, 0) is 49.0 Å². The van der Waals surface area contributed by atoms with Crippen LogP contribution in [0.3, 0.4) is 0 Å². The molecule has 2 aliphatic carbocycles. The number of carbonyl (C=O) groups is 3. The second-order valence-electron chi connectivity index (χ2n) is 10.9. The summed E-state index contributed by atoms with van der Waals surface area (Å²) in [6.45, 7) is 5.85. The van der Waals surface area contributed by atoms with Gasteiger partial charge in [-0.25, -0.2) is 4.79 Å². The third-order valence-corrected chi connectivity index (χ3v) is 11.1. The van der Waals surface area contributed by atoms with E-state index in [2.05, 4.69) is 29.2 Å². The lowest BCUT2D eigenvalue weighted by Crippen LogP contribution is -2.47. The van der Waals surface area contributed by atoms with Gasteiger partial charge >= 0.3 is 10.8 Å². The zero-order chi connectivity index (χ0) is 24.8. The smallest absolute Gasteiger partial charge is 0.326 e. The van der Waals surface area contributed by atoms with Crippen LogP contribution in [0, 0.1) is 42.4 Å². The first kappa shape index (κ1) is 23.0. The maximum atomic E-state index is 13.7. The fourth-order valence-corrected chi connectivity index (χ4v) is 10.1. The minimum absolute atomic E-state index is 0.000514. The Kier molecular flexibility index (Phi) is 5.31. The van der Waals surface area contributed by atoms with Crippen LogP contribution in [-0.2, 0) is 14.4 Å². The number of imide groups is 1. The summed E-state index contributed by atoms with van der Waals surface area (Å²) in [4.78, 5) is 56.8. The highest BCUT2D eigenvalue weighted by atomic mass is 32.2. The lowest BCUT2D eigenvalue weighted by molar-refractivity contribution is -0.156. The summed E-state index contributed by atoms with van der Waals surface area (Å²) < 4.78 is 0. The van der Waals surface area contributed by atoms with Crippen molar-refractivity contribution in [1.29, 1.82) is 0 Å². The minimum Gasteiger partial charge on any atom is -0.480 e. The van der Waals surface area contributed by atoms with Crippen molar-refractivity contribution in [2.24, 2.45) is 35.5 Å². The lowest BCUT2D eigenvalue weighted by Gasteiger charge is -2.43. The van der Waals surface area contributed by atoms with Crippen LogP contribution in [0.25, 0.3) is 0 Å². The molecule has 35 heavy (non-hydrogen) atoms. The molecule has 6 rings (SSSR count). The number of nitrogens with zero attached hydrogens (tertiary/aromatic N) is 1. The van der Waals surface area contributed by atoms with Crippen LogP contribution in [0.15, 0.2) is 34.1 Å². The van der Waals surface area contributed by atoms with E-state index in [-0.39, 0.29) is 57.9 Å². The van der Waals surface area contributed by atoms with Gasteiger partial charge in [-0.2, -0.15) is 0 Å². The standard InChI is InChI=1S/C26H28N2O5S2/c1-10(2)8-15(25(31)32)28-23(29)18-13-9-14(19(18)24(28)30)20-17(13)16(12-6-4-11(3)5-7-12)21-22(34-20)27-26(33)35-21/h4-7,10,13-20H,8-9H2,1-3H3,(H,27,33)(H,31,32)/t13-,14-,15+,16+,17-,18+,19+,20-/m1/s1. The third-order valence-electron chi connectivity index (χ3n) is 8.49. The number of aliphatic carboxylic acids is 1. The molecule has 2 aliphatic heterocycles. The molecule has 3 heterocycles. The summed E-state index contributed by atoms with van der Waals surface area (Å²) in [6.07, 6.45) is 1.06. The molecule has 2 aromatic rings. The first-order chi connectivity index (χ1) is 16.7. The van der Waals surface area contributed by atoms with Crippen LogP contribution in [0.1, 0.15) is 48.6 Å². The van der Waals surface area contributed by atoms with E-state index in [1.54, 1.807) is 11.8 Å². The fourth-order valence-electron chi connectivity index (χ4n) is 7.26. The van der Waals surface area contributed by atoms with Crippen molar-refractivity contribution in [2.45, 2.75) is 55.8 Å². The number of hydrogen-bond acceptors (Lipinski definition) is 6. The number of amides is 2. The zero-order valence-corrected chi connectivity index (χ0v) is 21.4. The van der Waals surface area contributed by atoms with E-state index in [0.29, 0.717) is 0 Å². The molecule has 1 saturated heterocycles. The SMILES string of the molecule is Cc1ccc([C@@H]2c3sc(=O)[nH]c3S[C@@H]3[C@@H]4C[C@@H]([C@@H]5C(=O)N([C@@H](CC(C)C)C(=O)O)C(=O)[C@@H]45)[C@H]23)cc1. The van der Waals surface area contributed by atoms with Crippen LogP contribution < -0.4 is 4.87 Å². The van der Waals surface area contributed by atoms with Crippen LogP contribution in [0.2, 0.25) is 0 Å². The number of aromatic nitrogens is 1. The fraction of sp³-hybridized carbons (Fsp3) is 0.538. The molecule has 1 aromatic heterocycles. The third kappa shape index (κ3) is 3.30. The number of carboxylic acid groups (broad SMARTS) is 1. The molecule has 8 atom stereocenters. The number of H-pyrrole nitrogens is 1. The van der Waals surface area contributed by atoms with Crippen molar-refractivity contribution in [3.05, 3.63) is 49.9 Å². The molecule has 2 saturated carbocycles. The van der Waals surface area contributed by atoms with E-state index in [0.717, 1.165) is 32.4 Å². The molecule has 2 N–H and O–H groups in total. The molecule has 3 fully saturated rings. The normalized spacial score (nSPS) is 33.7. The number of hydrogen-bond donors (Lipinski definition) is 2. The van der Waals surface area contributed by atoms with E-state index in [1.807, 2.05) is 20.8 Å². The number of carboxylic acids is 1.